The summed E-state index contributed by atoms with van der Waals surface area (Å²) in [5, 5.41) is 45.3. The summed E-state index contributed by atoms with van der Waals surface area (Å²) < 4.78 is 16.5. The van der Waals surface area contributed by atoms with Crippen LogP contribution in [0.2, 0.25) is 0 Å². The van der Waals surface area contributed by atoms with Crippen LogP contribution in [0.25, 0.3) is 0 Å². The summed E-state index contributed by atoms with van der Waals surface area (Å²) in [4.78, 5) is 12.8. The molecule has 176 valence electrons. The van der Waals surface area contributed by atoms with Crippen molar-refractivity contribution in [2.24, 2.45) is 11.3 Å². The maximum atomic E-state index is 12.8. The highest BCUT2D eigenvalue weighted by Gasteiger charge is 2.44. The number of rotatable bonds is 9. The van der Waals surface area contributed by atoms with E-state index in [2.05, 4.69) is 24.5 Å². The molecule has 0 aromatic carbocycles. The van der Waals surface area contributed by atoms with Crippen molar-refractivity contribution in [1.82, 2.24) is 10.6 Å². The van der Waals surface area contributed by atoms with Crippen molar-refractivity contribution in [3.05, 3.63) is 0 Å². The summed E-state index contributed by atoms with van der Waals surface area (Å²) in [6.45, 7) is 9.27. The van der Waals surface area contributed by atoms with Crippen molar-refractivity contribution in [2.45, 2.75) is 83.5 Å². The summed E-state index contributed by atoms with van der Waals surface area (Å²) in [7, 11) is 0. The second-order valence-electron chi connectivity index (χ2n) is 9.40. The number of nitrogens with one attached hydrogen (secondary N) is 2. The largest absolute Gasteiger partial charge is 0.394 e. The molecule has 0 radical (unpaired) electrons. The molecule has 1 unspecified atom stereocenters. The third kappa shape index (κ3) is 7.10. The van der Waals surface area contributed by atoms with E-state index < -0.39 is 49.2 Å². The quantitative estimate of drug-likeness (QED) is 0.260. The molecule has 2 fully saturated rings. The second-order valence-corrected chi connectivity index (χ2v) is 9.40. The van der Waals surface area contributed by atoms with Crippen LogP contribution in [-0.4, -0.2) is 95.7 Å². The lowest BCUT2D eigenvalue weighted by molar-refractivity contribution is -0.254. The van der Waals surface area contributed by atoms with Crippen LogP contribution in [0, 0.1) is 11.3 Å². The van der Waals surface area contributed by atoms with Gasteiger partial charge in [0.05, 0.1) is 25.9 Å². The zero-order valence-electron chi connectivity index (χ0n) is 18.3. The standard InChI is InChI=1S/C20H38N2O8/c1-11(2)7-12(21-6-5-14-28-9-20(3,4)10-29-14)18(26)22-15-17(25)16(24)13(8-23)30-19(15)27/h11-17,19,21,23-25,27H,5-10H2,1-4H3,(H,22,26)/t12-,13+,15+,16+,17+,19?/m0/s1. The van der Waals surface area contributed by atoms with E-state index in [1.54, 1.807) is 0 Å². The van der Waals surface area contributed by atoms with Crippen molar-refractivity contribution in [2.75, 3.05) is 26.4 Å². The Morgan fingerprint density at radius 3 is 2.33 bits per heavy atom. The smallest absolute Gasteiger partial charge is 0.237 e. The van der Waals surface area contributed by atoms with Crippen LogP contribution >= 0.6 is 0 Å². The van der Waals surface area contributed by atoms with Gasteiger partial charge in [0, 0.05) is 18.4 Å². The molecule has 2 aliphatic heterocycles. The van der Waals surface area contributed by atoms with Crippen LogP contribution in [0.15, 0.2) is 0 Å². The predicted octanol–water partition coefficient (Wildman–Crippen LogP) is -1.30. The van der Waals surface area contributed by atoms with Gasteiger partial charge in [0.15, 0.2) is 12.6 Å². The Kier molecular flexibility index (Phi) is 9.44. The molecule has 0 aromatic rings. The SMILES string of the molecule is CC(C)C[C@H](NCCC1OCC(C)(C)CO1)C(=O)N[C@H]1C(O)O[C@H](CO)[C@@H](O)[C@@H]1O. The zero-order valence-corrected chi connectivity index (χ0v) is 18.3. The summed E-state index contributed by atoms with van der Waals surface area (Å²) in [5.41, 5.74) is -0.00662. The van der Waals surface area contributed by atoms with Gasteiger partial charge in [-0.25, -0.2) is 0 Å². The van der Waals surface area contributed by atoms with Gasteiger partial charge in [0.25, 0.3) is 0 Å². The highest BCUT2D eigenvalue weighted by atomic mass is 16.7. The number of amides is 1. The minimum atomic E-state index is -1.54. The number of aliphatic hydroxyl groups is 4. The fraction of sp³-hybridized carbons (Fsp3) is 0.950. The first-order chi connectivity index (χ1) is 14.0. The van der Waals surface area contributed by atoms with Crippen molar-refractivity contribution in [1.29, 1.82) is 0 Å². The van der Waals surface area contributed by atoms with Crippen LogP contribution < -0.4 is 10.6 Å². The predicted molar refractivity (Wildman–Crippen MR) is 107 cm³/mol. The lowest BCUT2D eigenvalue weighted by Crippen LogP contribution is -2.65. The number of ether oxygens (including phenoxy) is 3. The Hall–Kier alpha value is -0.850. The number of aliphatic hydroxyl groups excluding tert-OH is 4. The Morgan fingerprint density at radius 2 is 1.77 bits per heavy atom. The van der Waals surface area contributed by atoms with E-state index in [0.717, 1.165) is 0 Å². The van der Waals surface area contributed by atoms with Crippen LogP contribution in [0.4, 0.5) is 0 Å². The summed E-state index contributed by atoms with van der Waals surface area (Å²) in [6, 6.07) is -1.78. The van der Waals surface area contributed by atoms with E-state index in [1.807, 2.05) is 13.8 Å². The molecule has 10 heteroatoms. The summed E-state index contributed by atoms with van der Waals surface area (Å²) in [6.07, 6.45) is -4.77. The van der Waals surface area contributed by atoms with Crippen LogP contribution in [0.1, 0.15) is 40.5 Å². The van der Waals surface area contributed by atoms with E-state index in [1.165, 1.54) is 0 Å². The van der Waals surface area contributed by atoms with Crippen molar-refractivity contribution < 1.29 is 39.4 Å². The van der Waals surface area contributed by atoms with Gasteiger partial charge in [-0.05, 0) is 12.3 Å². The van der Waals surface area contributed by atoms with E-state index in [-0.39, 0.29) is 17.6 Å². The van der Waals surface area contributed by atoms with Crippen molar-refractivity contribution in [3.63, 3.8) is 0 Å². The molecule has 0 aromatic heterocycles. The number of carbonyl (C=O) groups excluding carboxylic acids is 1. The zero-order chi connectivity index (χ0) is 22.5. The van der Waals surface area contributed by atoms with Gasteiger partial charge >= 0.3 is 0 Å². The molecule has 6 atom stereocenters. The fourth-order valence-electron chi connectivity index (χ4n) is 3.54. The Bertz CT molecular complexity index is 537. The average molecular weight is 435 g/mol. The molecular formula is C20H38N2O8. The number of carbonyl (C=O) groups is 1. The first-order valence-corrected chi connectivity index (χ1v) is 10.6. The molecule has 0 aliphatic carbocycles. The maximum Gasteiger partial charge on any atom is 0.237 e. The Balaban J connectivity index is 1.88. The molecule has 2 heterocycles. The van der Waals surface area contributed by atoms with Gasteiger partial charge < -0.3 is 45.3 Å². The lowest BCUT2D eigenvalue weighted by Gasteiger charge is -2.40. The average Bonchev–Trinajstić information content (AvgIpc) is 2.68. The summed E-state index contributed by atoms with van der Waals surface area (Å²) in [5.74, 6) is -0.199. The first-order valence-electron chi connectivity index (χ1n) is 10.6. The van der Waals surface area contributed by atoms with E-state index in [0.29, 0.717) is 32.6 Å². The monoisotopic (exact) mass is 434 g/mol. The van der Waals surface area contributed by atoms with Crippen molar-refractivity contribution >= 4 is 5.91 Å². The molecule has 0 spiro atoms. The summed E-state index contributed by atoms with van der Waals surface area (Å²) >= 11 is 0. The highest BCUT2D eigenvalue weighted by Crippen LogP contribution is 2.24. The molecule has 10 nitrogen and oxygen atoms in total. The Morgan fingerprint density at radius 1 is 1.13 bits per heavy atom. The molecule has 30 heavy (non-hydrogen) atoms. The minimum absolute atomic E-state index is 0.00662. The molecule has 0 bridgehead atoms. The fourth-order valence-corrected chi connectivity index (χ4v) is 3.54. The van der Waals surface area contributed by atoms with Gasteiger partial charge in [0.1, 0.15) is 24.4 Å². The molecule has 0 saturated carbocycles. The molecule has 6 N–H and O–H groups in total. The normalized spacial score (nSPS) is 33.4. The molecule has 1 amide bonds. The van der Waals surface area contributed by atoms with Crippen LogP contribution in [0.5, 0.6) is 0 Å². The number of hydrogen-bond donors (Lipinski definition) is 6. The van der Waals surface area contributed by atoms with Gasteiger partial charge in [-0.2, -0.15) is 0 Å². The lowest BCUT2D eigenvalue weighted by atomic mass is 9.95. The topological polar surface area (TPSA) is 150 Å². The minimum Gasteiger partial charge on any atom is -0.394 e. The maximum absolute atomic E-state index is 12.8. The molecule has 2 saturated heterocycles. The van der Waals surface area contributed by atoms with Gasteiger partial charge in [-0.15, -0.1) is 0 Å². The molecule has 2 aliphatic rings. The third-order valence-electron chi connectivity index (χ3n) is 5.32. The van der Waals surface area contributed by atoms with Crippen LogP contribution in [0.3, 0.4) is 0 Å². The van der Waals surface area contributed by atoms with E-state index in [9.17, 15) is 20.1 Å². The molecule has 2 rings (SSSR count). The van der Waals surface area contributed by atoms with Gasteiger partial charge in [0.2, 0.25) is 5.91 Å². The van der Waals surface area contributed by atoms with E-state index >= 15 is 0 Å². The van der Waals surface area contributed by atoms with Crippen LogP contribution in [-0.2, 0) is 19.0 Å². The third-order valence-corrected chi connectivity index (χ3v) is 5.32. The first kappa shape index (κ1) is 25.4. The second kappa shape index (κ2) is 11.1. The van der Waals surface area contributed by atoms with Gasteiger partial charge in [-0.1, -0.05) is 27.7 Å². The highest BCUT2D eigenvalue weighted by molar-refractivity contribution is 5.82. The molecular weight excluding hydrogens is 396 g/mol. The number of hydrogen-bond acceptors (Lipinski definition) is 9. The van der Waals surface area contributed by atoms with Gasteiger partial charge in [-0.3, -0.25) is 4.79 Å². The van der Waals surface area contributed by atoms with Crippen molar-refractivity contribution in [3.8, 4) is 0 Å². The Labute approximate surface area is 177 Å². The van der Waals surface area contributed by atoms with E-state index in [4.69, 9.17) is 19.3 Å².